The molecule has 3 N–H and O–H groups in total. The molecule has 0 atom stereocenters. The van der Waals surface area contributed by atoms with Crippen molar-refractivity contribution in [2.75, 3.05) is 16.2 Å². The summed E-state index contributed by atoms with van der Waals surface area (Å²) in [5, 5.41) is 0. The molecule has 4 nitrogen and oxygen atoms in total. The van der Waals surface area contributed by atoms with E-state index in [1.54, 1.807) is 6.07 Å². The Bertz CT molecular complexity index is 439. The summed E-state index contributed by atoms with van der Waals surface area (Å²) >= 11 is 0. The van der Waals surface area contributed by atoms with Crippen molar-refractivity contribution in [2.45, 2.75) is 6.42 Å². The molecule has 2 rings (SSSR count). The Kier molecular flexibility index (Phi) is 1.69. The number of nitrogen functional groups attached to an aromatic ring is 1. The van der Waals surface area contributed by atoms with Gasteiger partial charge in [-0.15, -0.1) is 0 Å². The average molecular weight is 198 g/mol. The van der Waals surface area contributed by atoms with Gasteiger partial charge in [-0.05, 0) is 18.1 Å². The number of hydrogen-bond donors (Lipinski definition) is 2. The van der Waals surface area contributed by atoms with Crippen LogP contribution in [0, 0.1) is 0 Å². The van der Waals surface area contributed by atoms with E-state index in [0.29, 0.717) is 17.8 Å². The highest BCUT2D eigenvalue weighted by atomic mass is 32.2. The van der Waals surface area contributed by atoms with Crippen LogP contribution in [-0.4, -0.2) is 14.2 Å². The van der Waals surface area contributed by atoms with Crippen molar-refractivity contribution in [2.24, 2.45) is 0 Å². The number of nitrogens with one attached hydrogen (secondary N) is 1. The summed E-state index contributed by atoms with van der Waals surface area (Å²) in [6.45, 7) is 0. The summed E-state index contributed by atoms with van der Waals surface area (Å²) in [6.07, 6.45) is 0.537. The van der Waals surface area contributed by atoms with Gasteiger partial charge in [0.1, 0.15) is 0 Å². The lowest BCUT2D eigenvalue weighted by molar-refractivity contribution is 0.599. The molecular weight excluding hydrogens is 188 g/mol. The Hall–Kier alpha value is -1.23. The van der Waals surface area contributed by atoms with Gasteiger partial charge in [-0.1, -0.05) is 12.1 Å². The molecule has 0 unspecified atom stereocenters. The number of rotatable bonds is 0. The lowest BCUT2D eigenvalue weighted by Gasteiger charge is -2.19. The lowest BCUT2D eigenvalue weighted by Crippen LogP contribution is -2.24. The molecule has 5 heteroatoms. The molecule has 1 heterocycles. The summed E-state index contributed by atoms with van der Waals surface area (Å²) in [7, 11) is -3.15. The van der Waals surface area contributed by atoms with Crippen LogP contribution >= 0.6 is 0 Å². The molecule has 0 aromatic heterocycles. The Morgan fingerprint density at radius 1 is 1.38 bits per heavy atom. The summed E-state index contributed by atoms with van der Waals surface area (Å²) < 4.78 is 24.8. The third-order valence-corrected chi connectivity index (χ3v) is 3.34. The molecule has 0 fully saturated rings. The molecule has 1 aliphatic heterocycles. The second kappa shape index (κ2) is 2.63. The van der Waals surface area contributed by atoms with Crippen molar-refractivity contribution in [1.29, 1.82) is 0 Å². The quantitative estimate of drug-likeness (QED) is 0.598. The maximum atomic E-state index is 11.2. The number of anilines is 2. The van der Waals surface area contributed by atoms with Gasteiger partial charge in [-0.2, -0.15) is 0 Å². The van der Waals surface area contributed by atoms with Crippen LogP contribution in [0.4, 0.5) is 11.4 Å². The van der Waals surface area contributed by atoms with Gasteiger partial charge in [0.2, 0.25) is 10.0 Å². The second-order valence-electron chi connectivity index (χ2n) is 3.05. The molecule has 1 aromatic carbocycles. The van der Waals surface area contributed by atoms with E-state index < -0.39 is 10.0 Å². The molecule has 1 aliphatic rings. The highest BCUT2D eigenvalue weighted by molar-refractivity contribution is 7.92. The molecule has 0 amide bonds. The highest BCUT2D eigenvalue weighted by Gasteiger charge is 2.20. The first kappa shape index (κ1) is 8.37. The Labute approximate surface area is 76.8 Å². The number of benzene rings is 1. The lowest BCUT2D eigenvalue weighted by atomic mass is 10.1. The zero-order valence-corrected chi connectivity index (χ0v) is 7.76. The zero-order chi connectivity index (χ0) is 9.47. The molecule has 0 saturated carbocycles. The molecule has 0 aliphatic carbocycles. The van der Waals surface area contributed by atoms with Crippen molar-refractivity contribution in [3.63, 3.8) is 0 Å². The third-order valence-electron chi connectivity index (χ3n) is 2.08. The smallest absolute Gasteiger partial charge is 0.233 e. The molecular formula is C8H10N2O2S. The number of sulfonamides is 1. The van der Waals surface area contributed by atoms with Gasteiger partial charge in [0.15, 0.2) is 0 Å². The summed E-state index contributed by atoms with van der Waals surface area (Å²) in [6, 6.07) is 5.40. The van der Waals surface area contributed by atoms with E-state index in [2.05, 4.69) is 4.72 Å². The van der Waals surface area contributed by atoms with Crippen molar-refractivity contribution >= 4 is 21.4 Å². The van der Waals surface area contributed by atoms with Crippen LogP contribution in [-0.2, 0) is 16.4 Å². The van der Waals surface area contributed by atoms with Gasteiger partial charge >= 0.3 is 0 Å². The van der Waals surface area contributed by atoms with Gasteiger partial charge in [-0.25, -0.2) is 8.42 Å². The third kappa shape index (κ3) is 1.47. The van der Waals surface area contributed by atoms with E-state index in [1.165, 1.54) is 0 Å². The Morgan fingerprint density at radius 2 is 2.15 bits per heavy atom. The topological polar surface area (TPSA) is 72.2 Å². The first-order valence-electron chi connectivity index (χ1n) is 3.96. The molecule has 0 bridgehead atoms. The van der Waals surface area contributed by atoms with E-state index >= 15 is 0 Å². The largest absolute Gasteiger partial charge is 0.397 e. The van der Waals surface area contributed by atoms with Crippen molar-refractivity contribution in [3.8, 4) is 0 Å². The molecule has 0 spiro atoms. The van der Waals surface area contributed by atoms with E-state index in [4.69, 9.17) is 5.73 Å². The standard InChI is InChI=1S/C8H10N2O2S/c9-7-3-1-2-6-4-5-13(11,12)10-8(6)7/h1-3,10H,4-5,9H2. The molecule has 13 heavy (non-hydrogen) atoms. The average Bonchev–Trinajstić information content (AvgIpc) is 2.06. The first-order valence-corrected chi connectivity index (χ1v) is 5.61. The Morgan fingerprint density at radius 3 is 2.92 bits per heavy atom. The normalized spacial score (nSPS) is 18.8. The van der Waals surface area contributed by atoms with Gasteiger partial charge in [0.25, 0.3) is 0 Å². The molecule has 1 aromatic rings. The van der Waals surface area contributed by atoms with Crippen LogP contribution in [0.3, 0.4) is 0 Å². The minimum Gasteiger partial charge on any atom is -0.397 e. The second-order valence-corrected chi connectivity index (χ2v) is 4.89. The monoisotopic (exact) mass is 198 g/mol. The maximum absolute atomic E-state index is 11.2. The van der Waals surface area contributed by atoms with Crippen LogP contribution in [0.1, 0.15) is 5.56 Å². The summed E-state index contributed by atoms with van der Waals surface area (Å²) in [5.41, 5.74) is 7.64. The van der Waals surface area contributed by atoms with Crippen molar-refractivity contribution in [3.05, 3.63) is 23.8 Å². The summed E-state index contributed by atoms with van der Waals surface area (Å²) in [5.74, 6) is 0.142. The van der Waals surface area contributed by atoms with Gasteiger partial charge in [-0.3, -0.25) is 4.72 Å². The fourth-order valence-electron chi connectivity index (χ4n) is 1.40. The number of aryl methyl sites for hydroxylation is 1. The molecule has 0 saturated heterocycles. The molecule has 0 radical (unpaired) electrons. The van der Waals surface area contributed by atoms with Crippen LogP contribution in [0.5, 0.6) is 0 Å². The minimum atomic E-state index is -3.15. The van der Waals surface area contributed by atoms with Gasteiger partial charge in [0.05, 0.1) is 17.1 Å². The van der Waals surface area contributed by atoms with Crippen LogP contribution < -0.4 is 10.5 Å². The predicted octanol–water partition coefficient (Wildman–Crippen LogP) is 0.567. The van der Waals surface area contributed by atoms with Gasteiger partial charge < -0.3 is 5.73 Å². The Balaban J connectivity index is 2.56. The van der Waals surface area contributed by atoms with E-state index in [9.17, 15) is 8.42 Å². The predicted molar refractivity (Wildman–Crippen MR) is 52.0 cm³/mol. The summed E-state index contributed by atoms with van der Waals surface area (Å²) in [4.78, 5) is 0. The van der Waals surface area contributed by atoms with E-state index in [0.717, 1.165) is 5.56 Å². The first-order chi connectivity index (χ1) is 6.08. The highest BCUT2D eigenvalue weighted by Crippen LogP contribution is 2.28. The van der Waals surface area contributed by atoms with Crippen LogP contribution in [0.25, 0.3) is 0 Å². The number of nitrogens with two attached hydrogens (primary N) is 1. The van der Waals surface area contributed by atoms with Crippen LogP contribution in [0.2, 0.25) is 0 Å². The fourth-order valence-corrected chi connectivity index (χ4v) is 2.55. The molecule has 70 valence electrons. The van der Waals surface area contributed by atoms with Gasteiger partial charge in [0, 0.05) is 0 Å². The number of hydrogen-bond acceptors (Lipinski definition) is 3. The van der Waals surface area contributed by atoms with E-state index in [1.807, 2.05) is 12.1 Å². The SMILES string of the molecule is Nc1cccc2c1NS(=O)(=O)CC2. The number of fused-ring (bicyclic) bond motifs is 1. The maximum Gasteiger partial charge on any atom is 0.233 e. The fraction of sp³-hybridized carbons (Fsp3) is 0.250. The van der Waals surface area contributed by atoms with E-state index in [-0.39, 0.29) is 5.75 Å². The minimum absolute atomic E-state index is 0.142. The van der Waals surface area contributed by atoms with Crippen molar-refractivity contribution < 1.29 is 8.42 Å². The number of para-hydroxylation sites is 1. The van der Waals surface area contributed by atoms with Crippen LogP contribution in [0.15, 0.2) is 18.2 Å². The van der Waals surface area contributed by atoms with Crippen molar-refractivity contribution in [1.82, 2.24) is 0 Å². The zero-order valence-electron chi connectivity index (χ0n) is 6.95.